The lowest BCUT2D eigenvalue weighted by Crippen LogP contribution is -2.14. The summed E-state index contributed by atoms with van der Waals surface area (Å²) >= 11 is 12.7. The van der Waals surface area contributed by atoms with E-state index >= 15 is 0 Å². The molecule has 1 atom stereocenters. The van der Waals surface area contributed by atoms with Crippen molar-refractivity contribution in [3.05, 3.63) is 22.7 Å². The summed E-state index contributed by atoms with van der Waals surface area (Å²) in [7, 11) is 3.15. The quantitative estimate of drug-likeness (QED) is 0.746. The summed E-state index contributed by atoms with van der Waals surface area (Å²) in [6.45, 7) is 6.22. The maximum atomic E-state index is 6.45. The van der Waals surface area contributed by atoms with E-state index < -0.39 is 0 Å². The van der Waals surface area contributed by atoms with Gasteiger partial charge in [0.1, 0.15) is 16.5 Å². The first-order valence-corrected chi connectivity index (χ1v) is 6.18. The second-order valence-electron chi connectivity index (χ2n) is 4.93. The fourth-order valence-electron chi connectivity index (χ4n) is 1.58. The minimum Gasteiger partial charge on any atom is -0.495 e. The minimum absolute atomic E-state index is 0.0766. The van der Waals surface area contributed by atoms with Crippen LogP contribution in [0.2, 0.25) is 5.02 Å². The number of alkyl halides is 1. The van der Waals surface area contributed by atoms with Gasteiger partial charge in [-0.3, -0.25) is 0 Å². The van der Waals surface area contributed by atoms with Crippen molar-refractivity contribution in [1.82, 2.24) is 0 Å². The number of benzene rings is 1. The third-order valence-corrected chi connectivity index (χ3v) is 3.80. The van der Waals surface area contributed by atoms with E-state index in [4.69, 9.17) is 32.7 Å². The molecule has 0 N–H and O–H groups in total. The van der Waals surface area contributed by atoms with Crippen molar-refractivity contribution in [3.63, 3.8) is 0 Å². The monoisotopic (exact) mass is 276 g/mol. The Morgan fingerprint density at radius 2 is 1.71 bits per heavy atom. The Kier molecular flexibility index (Phi) is 4.56. The molecule has 1 unspecified atom stereocenters. The van der Waals surface area contributed by atoms with Crippen molar-refractivity contribution in [2.75, 3.05) is 14.2 Å². The Morgan fingerprint density at radius 1 is 1.12 bits per heavy atom. The number of methoxy groups -OCH3 is 2. The van der Waals surface area contributed by atoms with E-state index in [2.05, 4.69) is 20.8 Å². The molecule has 0 amide bonds. The number of hydrogen-bond acceptors (Lipinski definition) is 2. The molecular formula is C13H18Cl2O2. The molecule has 96 valence electrons. The van der Waals surface area contributed by atoms with Crippen LogP contribution in [0.1, 0.15) is 31.7 Å². The lowest BCUT2D eigenvalue weighted by atomic mass is 9.87. The van der Waals surface area contributed by atoms with E-state index in [9.17, 15) is 0 Å². The fourth-order valence-corrected chi connectivity index (χ4v) is 2.08. The van der Waals surface area contributed by atoms with E-state index in [1.807, 2.05) is 6.07 Å². The molecule has 17 heavy (non-hydrogen) atoms. The van der Waals surface area contributed by atoms with Gasteiger partial charge in [-0.15, -0.1) is 11.6 Å². The topological polar surface area (TPSA) is 18.5 Å². The third-order valence-electron chi connectivity index (χ3n) is 2.55. The molecule has 0 aliphatic carbocycles. The summed E-state index contributed by atoms with van der Waals surface area (Å²) in [5.41, 5.74) is 0.805. The van der Waals surface area contributed by atoms with Crippen LogP contribution in [0.4, 0.5) is 0 Å². The van der Waals surface area contributed by atoms with Crippen LogP contribution in [0.15, 0.2) is 12.1 Å². The van der Waals surface area contributed by atoms with Gasteiger partial charge < -0.3 is 9.47 Å². The van der Waals surface area contributed by atoms with Crippen molar-refractivity contribution in [2.24, 2.45) is 5.41 Å². The summed E-state index contributed by atoms with van der Waals surface area (Å²) in [6.07, 6.45) is 0. The van der Waals surface area contributed by atoms with Crippen molar-refractivity contribution in [1.29, 1.82) is 0 Å². The van der Waals surface area contributed by atoms with Crippen molar-refractivity contribution >= 4 is 23.2 Å². The van der Waals surface area contributed by atoms with Crippen LogP contribution in [0.5, 0.6) is 11.5 Å². The van der Waals surface area contributed by atoms with Gasteiger partial charge in [-0.2, -0.15) is 0 Å². The Morgan fingerprint density at radius 3 is 2.12 bits per heavy atom. The molecule has 0 aliphatic rings. The molecule has 0 radical (unpaired) electrons. The van der Waals surface area contributed by atoms with Crippen molar-refractivity contribution in [2.45, 2.75) is 26.1 Å². The summed E-state index contributed by atoms with van der Waals surface area (Å²) in [4.78, 5) is 0. The Labute approximate surface area is 113 Å². The maximum absolute atomic E-state index is 6.45. The van der Waals surface area contributed by atoms with E-state index in [-0.39, 0.29) is 10.8 Å². The van der Waals surface area contributed by atoms with Gasteiger partial charge in [0.2, 0.25) is 0 Å². The predicted molar refractivity (Wildman–Crippen MR) is 72.6 cm³/mol. The van der Waals surface area contributed by atoms with E-state index in [1.54, 1.807) is 20.3 Å². The molecule has 0 aromatic heterocycles. The van der Waals surface area contributed by atoms with Gasteiger partial charge in [0.25, 0.3) is 0 Å². The molecule has 4 heteroatoms. The first-order valence-electron chi connectivity index (χ1n) is 5.37. The molecule has 0 aliphatic heterocycles. The Balaban J connectivity index is 3.31. The molecule has 0 bridgehead atoms. The molecule has 0 saturated heterocycles. The number of hydrogen-bond donors (Lipinski definition) is 0. The first-order chi connectivity index (χ1) is 7.82. The highest BCUT2D eigenvalue weighted by Crippen LogP contribution is 2.47. The van der Waals surface area contributed by atoms with Crippen LogP contribution < -0.4 is 9.47 Å². The molecule has 0 fully saturated rings. The highest BCUT2D eigenvalue weighted by molar-refractivity contribution is 6.34. The average molecular weight is 277 g/mol. The zero-order valence-corrected chi connectivity index (χ0v) is 12.3. The predicted octanol–water partition coefficient (Wildman–Crippen LogP) is 4.68. The first kappa shape index (κ1) is 14.5. The SMILES string of the molecule is COc1ccc(C(Cl)C(C)(C)C)c(OC)c1Cl. The summed E-state index contributed by atoms with van der Waals surface area (Å²) < 4.78 is 10.5. The van der Waals surface area contributed by atoms with Crippen LogP contribution in [0.25, 0.3) is 0 Å². The Hall–Kier alpha value is -0.600. The maximum Gasteiger partial charge on any atom is 0.145 e. The molecule has 1 aromatic carbocycles. The lowest BCUT2D eigenvalue weighted by molar-refractivity contribution is 0.364. The number of ether oxygens (including phenoxy) is 2. The van der Waals surface area contributed by atoms with Crippen molar-refractivity contribution in [3.8, 4) is 11.5 Å². The molecule has 0 saturated carbocycles. The third kappa shape index (κ3) is 2.99. The summed E-state index contributed by atoms with van der Waals surface area (Å²) in [5.74, 6) is 1.17. The fraction of sp³-hybridized carbons (Fsp3) is 0.538. The van der Waals surface area contributed by atoms with Crippen LogP contribution in [0.3, 0.4) is 0 Å². The van der Waals surface area contributed by atoms with Gasteiger partial charge in [-0.25, -0.2) is 0 Å². The highest BCUT2D eigenvalue weighted by Gasteiger charge is 2.28. The lowest BCUT2D eigenvalue weighted by Gasteiger charge is -2.27. The van der Waals surface area contributed by atoms with Gasteiger partial charge in [-0.1, -0.05) is 38.4 Å². The number of halogens is 2. The van der Waals surface area contributed by atoms with Gasteiger partial charge in [0.15, 0.2) is 0 Å². The molecule has 0 spiro atoms. The zero-order valence-electron chi connectivity index (χ0n) is 10.8. The summed E-state index contributed by atoms with van der Waals surface area (Å²) in [5, 5.41) is 0.281. The molecule has 2 nitrogen and oxygen atoms in total. The van der Waals surface area contributed by atoms with Crippen molar-refractivity contribution < 1.29 is 9.47 Å². The van der Waals surface area contributed by atoms with Gasteiger partial charge in [-0.05, 0) is 11.5 Å². The normalized spacial score (nSPS) is 13.4. The van der Waals surface area contributed by atoms with E-state index in [1.165, 1.54) is 0 Å². The van der Waals surface area contributed by atoms with Gasteiger partial charge in [0, 0.05) is 5.56 Å². The number of rotatable bonds is 3. The second kappa shape index (κ2) is 5.36. The largest absolute Gasteiger partial charge is 0.495 e. The van der Waals surface area contributed by atoms with Crippen LogP contribution in [-0.2, 0) is 0 Å². The van der Waals surface area contributed by atoms with Crippen LogP contribution in [-0.4, -0.2) is 14.2 Å². The van der Waals surface area contributed by atoms with Crippen LogP contribution >= 0.6 is 23.2 Å². The Bertz CT molecular complexity index is 397. The minimum atomic E-state index is -0.180. The zero-order chi connectivity index (χ0) is 13.2. The molecular weight excluding hydrogens is 259 g/mol. The standard InChI is InChI=1S/C13H18Cl2O2/c1-13(2,3)12(15)8-6-7-9(16-4)10(14)11(8)17-5/h6-7,12H,1-5H3. The van der Waals surface area contributed by atoms with Gasteiger partial charge >= 0.3 is 0 Å². The van der Waals surface area contributed by atoms with Crippen LogP contribution in [0, 0.1) is 5.41 Å². The second-order valence-corrected chi connectivity index (χ2v) is 5.75. The highest BCUT2D eigenvalue weighted by atomic mass is 35.5. The smallest absolute Gasteiger partial charge is 0.145 e. The molecule has 1 aromatic rings. The van der Waals surface area contributed by atoms with Gasteiger partial charge in [0.05, 0.1) is 19.6 Å². The summed E-state index contributed by atoms with van der Waals surface area (Å²) in [6, 6.07) is 3.70. The van der Waals surface area contributed by atoms with E-state index in [0.29, 0.717) is 16.5 Å². The molecule has 0 heterocycles. The average Bonchev–Trinajstić information content (AvgIpc) is 2.26. The molecule has 1 rings (SSSR count). The van der Waals surface area contributed by atoms with E-state index in [0.717, 1.165) is 5.56 Å².